The van der Waals surface area contributed by atoms with Crippen molar-refractivity contribution in [3.05, 3.63) is 120 Å². The zero-order chi connectivity index (χ0) is 19.9. The second-order valence-electron chi connectivity index (χ2n) is 8.77. The molecule has 150 valence electrons. The Kier molecular flexibility index (Phi) is 4.55. The first-order valence-electron chi connectivity index (χ1n) is 11.0. The van der Waals surface area contributed by atoms with E-state index >= 15 is 0 Å². The van der Waals surface area contributed by atoms with Gasteiger partial charge in [-0.3, -0.25) is 0 Å². The molecule has 3 aliphatic rings. The predicted octanol–water partition coefficient (Wildman–Crippen LogP) is 6.45. The Morgan fingerprint density at radius 1 is 0.533 bits per heavy atom. The van der Waals surface area contributed by atoms with E-state index in [9.17, 15) is 0 Å². The summed E-state index contributed by atoms with van der Waals surface area (Å²) in [6.45, 7) is 0. The Hall–Kier alpha value is -2.68. The van der Waals surface area contributed by atoms with Crippen molar-refractivity contribution in [2.45, 2.75) is 30.8 Å². The molecule has 1 aliphatic heterocycles. The molecule has 0 amide bonds. The van der Waals surface area contributed by atoms with Gasteiger partial charge in [-0.25, -0.2) is 0 Å². The Morgan fingerprint density at radius 2 is 1.00 bits per heavy atom. The largest absolute Gasteiger partial charge is 0.341 e. The molecule has 2 heteroatoms. The van der Waals surface area contributed by atoms with Crippen molar-refractivity contribution < 1.29 is 9.47 Å². The van der Waals surface area contributed by atoms with Gasteiger partial charge in [-0.15, -0.1) is 0 Å². The summed E-state index contributed by atoms with van der Waals surface area (Å²) in [6, 6.07) is 32.0. The van der Waals surface area contributed by atoms with Gasteiger partial charge in [-0.1, -0.05) is 103 Å². The standard InChI is InChI=1S/C28H26O2/c1-4-10-19(11-5-1)24-22-16-17-23(18-22)25(24)28-29-26(20-12-6-2-7-13-20)27(30-28)21-14-8-3-9-15-21/h1-17,22-28H,18H2/t22-,23+,24+,25+,26+,27+/m1/s1. The van der Waals surface area contributed by atoms with E-state index in [1.54, 1.807) is 0 Å². The number of hydrogen-bond acceptors (Lipinski definition) is 2. The number of ether oxygens (including phenoxy) is 2. The lowest BCUT2D eigenvalue weighted by Gasteiger charge is -2.32. The van der Waals surface area contributed by atoms with Gasteiger partial charge in [0.05, 0.1) is 0 Å². The molecule has 1 heterocycles. The predicted molar refractivity (Wildman–Crippen MR) is 118 cm³/mol. The van der Waals surface area contributed by atoms with Crippen LogP contribution in [0.15, 0.2) is 103 Å². The Bertz CT molecular complexity index is 967. The van der Waals surface area contributed by atoms with Crippen LogP contribution in [0.2, 0.25) is 0 Å². The van der Waals surface area contributed by atoms with Gasteiger partial charge in [-0.05, 0) is 40.9 Å². The van der Waals surface area contributed by atoms with Gasteiger partial charge in [0.2, 0.25) is 0 Å². The second-order valence-corrected chi connectivity index (χ2v) is 8.77. The van der Waals surface area contributed by atoms with E-state index in [1.807, 2.05) is 0 Å². The average Bonchev–Trinajstić information content (AvgIpc) is 3.55. The van der Waals surface area contributed by atoms with Gasteiger partial charge in [0.15, 0.2) is 6.29 Å². The van der Waals surface area contributed by atoms with Gasteiger partial charge in [0.1, 0.15) is 12.2 Å². The smallest absolute Gasteiger partial charge is 0.163 e. The van der Waals surface area contributed by atoms with Crippen LogP contribution in [0.4, 0.5) is 0 Å². The van der Waals surface area contributed by atoms with Crippen LogP contribution in [0.1, 0.15) is 41.2 Å². The SMILES string of the molecule is C1=C[C@H]2C[C@@H]1[C@H](c1ccccc1)[C@H]2C1O[C@@H](c2ccccc2)[C@H](c2ccccc2)O1. The quantitative estimate of drug-likeness (QED) is 0.474. The van der Waals surface area contributed by atoms with Crippen LogP contribution in [0.5, 0.6) is 0 Å². The number of benzene rings is 3. The van der Waals surface area contributed by atoms with Crippen molar-refractivity contribution in [1.29, 1.82) is 0 Å². The van der Waals surface area contributed by atoms with Crippen LogP contribution in [-0.2, 0) is 9.47 Å². The van der Waals surface area contributed by atoms with Gasteiger partial charge in [-0.2, -0.15) is 0 Å². The first-order valence-corrected chi connectivity index (χ1v) is 11.0. The first kappa shape index (κ1) is 18.1. The highest BCUT2D eigenvalue weighted by Gasteiger charge is 2.53. The number of hydrogen-bond donors (Lipinski definition) is 0. The highest BCUT2D eigenvalue weighted by molar-refractivity contribution is 5.31. The normalized spacial score (nSPS) is 32.7. The maximum Gasteiger partial charge on any atom is 0.163 e. The molecule has 3 aromatic rings. The third kappa shape index (κ3) is 3.03. The van der Waals surface area contributed by atoms with Gasteiger partial charge in [0, 0.05) is 5.92 Å². The minimum absolute atomic E-state index is 0.0851. The molecule has 2 aliphatic carbocycles. The van der Waals surface area contributed by atoms with Crippen molar-refractivity contribution in [2.75, 3.05) is 0 Å². The summed E-state index contributed by atoms with van der Waals surface area (Å²) in [5.74, 6) is 1.91. The van der Waals surface area contributed by atoms with Gasteiger partial charge in [0.25, 0.3) is 0 Å². The lowest BCUT2D eigenvalue weighted by molar-refractivity contribution is -0.116. The molecule has 0 spiro atoms. The lowest BCUT2D eigenvalue weighted by atomic mass is 9.78. The van der Waals surface area contributed by atoms with Gasteiger partial charge >= 0.3 is 0 Å². The monoisotopic (exact) mass is 394 g/mol. The van der Waals surface area contributed by atoms with Crippen LogP contribution in [0.25, 0.3) is 0 Å². The molecular formula is C28H26O2. The summed E-state index contributed by atoms with van der Waals surface area (Å²) in [4.78, 5) is 0. The minimum Gasteiger partial charge on any atom is -0.341 e. The zero-order valence-electron chi connectivity index (χ0n) is 16.9. The maximum absolute atomic E-state index is 6.75. The minimum atomic E-state index is -0.203. The van der Waals surface area contributed by atoms with E-state index in [4.69, 9.17) is 9.47 Å². The first-order chi connectivity index (χ1) is 14.9. The Balaban J connectivity index is 1.36. The summed E-state index contributed by atoms with van der Waals surface area (Å²) in [6.07, 6.45) is 5.65. The molecule has 1 saturated heterocycles. The molecule has 2 nitrogen and oxygen atoms in total. The fraction of sp³-hybridized carbons (Fsp3) is 0.286. The van der Waals surface area contributed by atoms with Crippen LogP contribution in [0.3, 0.4) is 0 Å². The molecule has 0 aromatic heterocycles. The van der Waals surface area contributed by atoms with Crippen LogP contribution in [0, 0.1) is 17.8 Å². The molecule has 6 rings (SSSR count). The third-order valence-electron chi connectivity index (χ3n) is 7.11. The van der Waals surface area contributed by atoms with Crippen molar-refractivity contribution >= 4 is 0 Å². The molecular weight excluding hydrogens is 368 g/mol. The third-order valence-corrected chi connectivity index (χ3v) is 7.11. The lowest BCUT2D eigenvalue weighted by Crippen LogP contribution is -2.31. The van der Waals surface area contributed by atoms with Crippen LogP contribution in [-0.4, -0.2) is 6.29 Å². The number of rotatable bonds is 4. The molecule has 1 saturated carbocycles. The Labute approximate surface area is 178 Å². The van der Waals surface area contributed by atoms with Gasteiger partial charge < -0.3 is 9.47 Å². The second kappa shape index (κ2) is 7.54. The Morgan fingerprint density at radius 3 is 1.53 bits per heavy atom. The summed E-state index contributed by atoms with van der Waals surface area (Å²) in [5, 5.41) is 0. The van der Waals surface area contributed by atoms with Crippen molar-refractivity contribution in [3.8, 4) is 0 Å². The van der Waals surface area contributed by atoms with Crippen molar-refractivity contribution in [2.24, 2.45) is 17.8 Å². The molecule has 0 N–H and O–H groups in total. The topological polar surface area (TPSA) is 18.5 Å². The maximum atomic E-state index is 6.75. The molecule has 0 radical (unpaired) electrons. The highest BCUT2D eigenvalue weighted by atomic mass is 16.7. The molecule has 3 aromatic carbocycles. The number of allylic oxidation sites excluding steroid dienone is 2. The molecule has 30 heavy (non-hydrogen) atoms. The van der Waals surface area contributed by atoms with E-state index in [2.05, 4.69) is 103 Å². The molecule has 2 bridgehead atoms. The fourth-order valence-electron chi connectivity index (χ4n) is 5.81. The fourth-order valence-corrected chi connectivity index (χ4v) is 5.81. The summed E-state index contributed by atoms with van der Waals surface area (Å²) >= 11 is 0. The van der Waals surface area contributed by atoms with Crippen LogP contribution < -0.4 is 0 Å². The van der Waals surface area contributed by atoms with E-state index in [1.165, 1.54) is 23.1 Å². The molecule has 0 unspecified atom stereocenters. The van der Waals surface area contributed by atoms with E-state index in [0.717, 1.165) is 0 Å². The van der Waals surface area contributed by atoms with E-state index in [-0.39, 0.29) is 18.5 Å². The van der Waals surface area contributed by atoms with E-state index < -0.39 is 0 Å². The summed E-state index contributed by atoms with van der Waals surface area (Å²) in [5.41, 5.74) is 3.78. The van der Waals surface area contributed by atoms with E-state index in [0.29, 0.717) is 23.7 Å². The molecule has 2 fully saturated rings. The highest BCUT2D eigenvalue weighted by Crippen LogP contribution is 2.58. The zero-order valence-corrected chi connectivity index (χ0v) is 16.9. The molecule has 6 atom stereocenters. The van der Waals surface area contributed by atoms with Crippen LogP contribution >= 0.6 is 0 Å². The number of fused-ring (bicyclic) bond motifs is 2. The van der Waals surface area contributed by atoms with Crippen molar-refractivity contribution in [3.63, 3.8) is 0 Å². The summed E-state index contributed by atoms with van der Waals surface area (Å²) in [7, 11) is 0. The summed E-state index contributed by atoms with van der Waals surface area (Å²) < 4.78 is 13.5. The van der Waals surface area contributed by atoms with Crippen molar-refractivity contribution in [1.82, 2.24) is 0 Å². The average molecular weight is 395 g/mol.